The second kappa shape index (κ2) is 11.7. The predicted octanol–water partition coefficient (Wildman–Crippen LogP) is 3.37. The molecule has 2 aromatic carbocycles. The van der Waals surface area contributed by atoms with Crippen molar-refractivity contribution in [2.45, 2.75) is 25.7 Å². The van der Waals surface area contributed by atoms with Gasteiger partial charge >= 0.3 is 0 Å². The van der Waals surface area contributed by atoms with Crippen molar-refractivity contribution in [2.75, 3.05) is 26.7 Å². The minimum absolute atomic E-state index is 0.158. The van der Waals surface area contributed by atoms with Gasteiger partial charge in [0.05, 0.1) is 45.0 Å². The number of rotatable bonds is 8. The number of pyridine rings is 1. The zero-order valence-corrected chi connectivity index (χ0v) is 19.9. The van der Waals surface area contributed by atoms with Crippen LogP contribution in [0.2, 0.25) is 0 Å². The molecule has 1 aliphatic heterocycles. The van der Waals surface area contributed by atoms with Crippen LogP contribution in [-0.2, 0) is 33.9 Å². The van der Waals surface area contributed by atoms with E-state index in [2.05, 4.69) is 4.98 Å². The van der Waals surface area contributed by atoms with Crippen LogP contribution >= 0.6 is 0 Å². The van der Waals surface area contributed by atoms with E-state index in [1.54, 1.807) is 24.3 Å². The summed E-state index contributed by atoms with van der Waals surface area (Å²) >= 11 is 0. The van der Waals surface area contributed by atoms with Gasteiger partial charge in [-0.2, -0.15) is 0 Å². The third-order valence-electron chi connectivity index (χ3n) is 5.86. The van der Waals surface area contributed by atoms with E-state index in [0.29, 0.717) is 11.4 Å². The lowest BCUT2D eigenvalue weighted by atomic mass is 10.1. The first kappa shape index (κ1) is 25.2. The number of nitrogens with zero attached hydrogens (tertiary/aromatic N) is 3. The molecule has 2 amide bonds. The topological polar surface area (TPSA) is 72.0 Å². The molecule has 1 aromatic heterocycles. The van der Waals surface area contributed by atoms with E-state index in [0.717, 1.165) is 23.8 Å². The smallest absolute Gasteiger partial charge is 0.242 e. The molecule has 2 heterocycles. The molecule has 1 atom stereocenters. The highest BCUT2D eigenvalue weighted by molar-refractivity contribution is 5.86. The molecule has 1 saturated heterocycles. The molecule has 0 N–H and O–H groups in total. The molecular formula is C27H27F2N3O4. The standard InChI is InChI=1S/C27H27F2N3O4/c1-35-24-7-4-5-19(11-24)18-36-25-15-31(14-23-6-2-3-8-30-23)27(34)17-32(16-25)26(33)12-20-9-21(28)13-22(29)10-20/h2-11,13,25H,12,14-18H2,1H3. The van der Waals surface area contributed by atoms with Crippen LogP contribution in [0.25, 0.3) is 0 Å². The molecule has 1 unspecified atom stereocenters. The maximum absolute atomic E-state index is 13.6. The van der Waals surface area contributed by atoms with Crippen LogP contribution in [0.5, 0.6) is 5.75 Å². The van der Waals surface area contributed by atoms with Crippen LogP contribution in [0.1, 0.15) is 16.8 Å². The number of methoxy groups -OCH3 is 1. The van der Waals surface area contributed by atoms with E-state index in [1.165, 1.54) is 4.90 Å². The van der Waals surface area contributed by atoms with Gasteiger partial charge in [-0.1, -0.05) is 18.2 Å². The minimum atomic E-state index is -0.759. The highest BCUT2D eigenvalue weighted by atomic mass is 19.1. The summed E-state index contributed by atoms with van der Waals surface area (Å²) in [4.78, 5) is 33.5. The van der Waals surface area contributed by atoms with Crippen LogP contribution in [0.4, 0.5) is 8.78 Å². The maximum atomic E-state index is 13.6. The Morgan fingerprint density at radius 3 is 2.56 bits per heavy atom. The fourth-order valence-corrected chi connectivity index (χ4v) is 4.09. The molecule has 0 spiro atoms. The third-order valence-corrected chi connectivity index (χ3v) is 5.86. The molecule has 1 fully saturated rings. The van der Waals surface area contributed by atoms with Crippen molar-refractivity contribution in [3.05, 3.63) is 95.3 Å². The van der Waals surface area contributed by atoms with E-state index in [-0.39, 0.29) is 50.7 Å². The van der Waals surface area contributed by atoms with Gasteiger partial charge in [0.15, 0.2) is 0 Å². The summed E-state index contributed by atoms with van der Waals surface area (Å²) in [6.45, 7) is 0.783. The van der Waals surface area contributed by atoms with Crippen molar-refractivity contribution in [3.63, 3.8) is 0 Å². The van der Waals surface area contributed by atoms with Gasteiger partial charge in [0.25, 0.3) is 0 Å². The molecule has 0 aliphatic carbocycles. The molecule has 3 aromatic rings. The van der Waals surface area contributed by atoms with Gasteiger partial charge < -0.3 is 19.3 Å². The average molecular weight is 496 g/mol. The van der Waals surface area contributed by atoms with E-state index in [1.807, 2.05) is 36.4 Å². The molecule has 7 nitrogen and oxygen atoms in total. The summed E-state index contributed by atoms with van der Waals surface area (Å²) in [6.07, 6.45) is 0.937. The lowest BCUT2D eigenvalue weighted by Gasteiger charge is -2.25. The van der Waals surface area contributed by atoms with Gasteiger partial charge in [0.1, 0.15) is 17.4 Å². The normalized spacial score (nSPS) is 16.1. The van der Waals surface area contributed by atoms with Gasteiger partial charge in [-0.05, 0) is 47.5 Å². The zero-order valence-electron chi connectivity index (χ0n) is 19.9. The van der Waals surface area contributed by atoms with Crippen molar-refractivity contribution >= 4 is 11.8 Å². The van der Waals surface area contributed by atoms with Crippen molar-refractivity contribution < 1.29 is 27.8 Å². The van der Waals surface area contributed by atoms with Crippen molar-refractivity contribution in [2.24, 2.45) is 0 Å². The average Bonchev–Trinajstić information content (AvgIpc) is 3.01. The maximum Gasteiger partial charge on any atom is 0.242 e. The minimum Gasteiger partial charge on any atom is -0.497 e. The number of halogens is 2. The Hall–Kier alpha value is -3.85. The highest BCUT2D eigenvalue weighted by Gasteiger charge is 2.31. The Kier molecular flexibility index (Phi) is 8.22. The van der Waals surface area contributed by atoms with Crippen LogP contribution in [0.15, 0.2) is 66.9 Å². The number of benzene rings is 2. The van der Waals surface area contributed by atoms with Gasteiger partial charge in [-0.3, -0.25) is 14.6 Å². The number of hydrogen-bond donors (Lipinski definition) is 0. The van der Waals surface area contributed by atoms with E-state index in [4.69, 9.17) is 9.47 Å². The summed E-state index contributed by atoms with van der Waals surface area (Å²) in [7, 11) is 1.58. The van der Waals surface area contributed by atoms with Crippen LogP contribution < -0.4 is 4.74 Å². The number of carbonyl (C=O) groups excluding carboxylic acids is 2. The molecular weight excluding hydrogens is 468 g/mol. The first-order valence-electron chi connectivity index (χ1n) is 11.5. The summed E-state index contributed by atoms with van der Waals surface area (Å²) in [5, 5.41) is 0. The Labute approximate surface area is 208 Å². The Morgan fingerprint density at radius 2 is 1.83 bits per heavy atom. The number of aromatic nitrogens is 1. The van der Waals surface area contributed by atoms with E-state index in [9.17, 15) is 18.4 Å². The van der Waals surface area contributed by atoms with Gasteiger partial charge in [-0.25, -0.2) is 8.78 Å². The van der Waals surface area contributed by atoms with Crippen LogP contribution in [0.3, 0.4) is 0 Å². The lowest BCUT2D eigenvalue weighted by Crippen LogP contribution is -2.40. The van der Waals surface area contributed by atoms with E-state index >= 15 is 0 Å². The molecule has 0 bridgehead atoms. The molecule has 9 heteroatoms. The van der Waals surface area contributed by atoms with Crippen molar-refractivity contribution in [1.82, 2.24) is 14.8 Å². The third kappa shape index (κ3) is 6.85. The number of ether oxygens (including phenoxy) is 2. The SMILES string of the molecule is COc1cccc(COC2CN(C(=O)Cc3cc(F)cc(F)c3)CC(=O)N(Cc3ccccn3)C2)c1. The predicted molar refractivity (Wildman–Crippen MR) is 128 cm³/mol. The second-order valence-corrected chi connectivity index (χ2v) is 8.61. The Balaban J connectivity index is 1.51. The van der Waals surface area contributed by atoms with Crippen molar-refractivity contribution in [3.8, 4) is 5.75 Å². The number of hydrogen-bond acceptors (Lipinski definition) is 5. The highest BCUT2D eigenvalue weighted by Crippen LogP contribution is 2.18. The number of amides is 2. The van der Waals surface area contributed by atoms with Gasteiger partial charge in [0, 0.05) is 25.4 Å². The van der Waals surface area contributed by atoms with Gasteiger partial charge in [0.2, 0.25) is 11.8 Å². The molecule has 188 valence electrons. The lowest BCUT2D eigenvalue weighted by molar-refractivity contribution is -0.138. The monoisotopic (exact) mass is 495 g/mol. The number of carbonyl (C=O) groups is 2. The fourth-order valence-electron chi connectivity index (χ4n) is 4.09. The molecule has 0 radical (unpaired) electrons. The summed E-state index contributed by atoms with van der Waals surface area (Å²) in [5.74, 6) is -1.49. The van der Waals surface area contributed by atoms with Gasteiger partial charge in [-0.15, -0.1) is 0 Å². The van der Waals surface area contributed by atoms with Crippen LogP contribution in [-0.4, -0.2) is 59.4 Å². The summed E-state index contributed by atoms with van der Waals surface area (Å²) in [5.41, 5.74) is 1.80. The second-order valence-electron chi connectivity index (χ2n) is 8.61. The largest absolute Gasteiger partial charge is 0.497 e. The Morgan fingerprint density at radius 1 is 1.03 bits per heavy atom. The van der Waals surface area contributed by atoms with Crippen LogP contribution in [0, 0.1) is 11.6 Å². The zero-order chi connectivity index (χ0) is 25.5. The summed E-state index contributed by atoms with van der Waals surface area (Å²) in [6, 6.07) is 15.9. The molecule has 1 aliphatic rings. The summed E-state index contributed by atoms with van der Waals surface area (Å²) < 4.78 is 38.7. The Bertz CT molecular complexity index is 1190. The first-order chi connectivity index (χ1) is 17.4. The van der Waals surface area contributed by atoms with E-state index < -0.39 is 23.6 Å². The fraction of sp³-hybridized carbons (Fsp3) is 0.296. The molecule has 0 saturated carbocycles. The van der Waals surface area contributed by atoms with Crippen molar-refractivity contribution in [1.29, 1.82) is 0 Å². The molecule has 36 heavy (non-hydrogen) atoms. The quantitative estimate of drug-likeness (QED) is 0.479. The first-order valence-corrected chi connectivity index (χ1v) is 11.5. The molecule has 4 rings (SSSR count).